The molecule has 1 saturated heterocycles. The first-order valence-electron chi connectivity index (χ1n) is 5.82. The number of carbonyl (C=O) groups is 1. The molecule has 96 valence electrons. The van der Waals surface area contributed by atoms with E-state index in [9.17, 15) is 4.79 Å². The van der Waals surface area contributed by atoms with Crippen molar-refractivity contribution in [1.82, 2.24) is 4.90 Å². The molecule has 0 saturated carbocycles. The predicted octanol–water partition coefficient (Wildman–Crippen LogP) is 1.28. The van der Waals surface area contributed by atoms with Crippen LogP contribution in [0.2, 0.25) is 0 Å². The van der Waals surface area contributed by atoms with Crippen molar-refractivity contribution in [3.8, 4) is 6.07 Å². The minimum absolute atomic E-state index is 0.0733. The largest absolute Gasteiger partial charge is 0.379 e. The smallest absolute Gasteiger partial charge is 0.242 e. The van der Waals surface area contributed by atoms with Crippen LogP contribution in [-0.4, -0.2) is 43.2 Å². The lowest BCUT2D eigenvalue weighted by atomic mass is 10.2. The van der Waals surface area contributed by atoms with Gasteiger partial charge in [-0.1, -0.05) is 0 Å². The predicted molar refractivity (Wildman–Crippen MR) is 69.5 cm³/mol. The van der Waals surface area contributed by atoms with Gasteiger partial charge in [-0.25, -0.2) is 0 Å². The van der Waals surface area contributed by atoms with Gasteiger partial charge in [0.25, 0.3) is 0 Å². The van der Waals surface area contributed by atoms with Crippen molar-refractivity contribution >= 4 is 22.2 Å². The molecule has 1 atom stereocenters. The standard InChI is InChI=1S/C12H15N3O2S/c1-9(15-3-5-17-6-4-15)11(16)14-12-10(8-13)2-7-18-12/h2,7,9H,3-6H2,1H3,(H,14,16)/t9-/m0/s1. The maximum Gasteiger partial charge on any atom is 0.242 e. The number of hydrogen-bond donors (Lipinski definition) is 1. The van der Waals surface area contributed by atoms with Crippen LogP contribution in [-0.2, 0) is 9.53 Å². The van der Waals surface area contributed by atoms with Crippen molar-refractivity contribution in [2.75, 3.05) is 31.6 Å². The number of nitrogens with zero attached hydrogens (tertiary/aromatic N) is 2. The number of ether oxygens (including phenoxy) is 1. The van der Waals surface area contributed by atoms with E-state index >= 15 is 0 Å². The second kappa shape index (κ2) is 5.96. The Balaban J connectivity index is 1.97. The van der Waals surface area contributed by atoms with Crippen molar-refractivity contribution in [2.24, 2.45) is 0 Å². The molecule has 18 heavy (non-hydrogen) atoms. The Morgan fingerprint density at radius 2 is 2.33 bits per heavy atom. The van der Waals surface area contributed by atoms with Gasteiger partial charge in [0.15, 0.2) is 0 Å². The number of rotatable bonds is 3. The third-order valence-corrected chi connectivity index (χ3v) is 3.83. The molecule has 1 aromatic heterocycles. The highest BCUT2D eigenvalue weighted by atomic mass is 32.1. The van der Waals surface area contributed by atoms with Crippen molar-refractivity contribution < 1.29 is 9.53 Å². The van der Waals surface area contributed by atoms with E-state index in [0.29, 0.717) is 23.8 Å². The van der Waals surface area contributed by atoms with E-state index < -0.39 is 0 Å². The zero-order chi connectivity index (χ0) is 13.0. The van der Waals surface area contributed by atoms with Crippen molar-refractivity contribution in [3.63, 3.8) is 0 Å². The molecule has 2 heterocycles. The average molecular weight is 265 g/mol. The molecule has 0 spiro atoms. The molecule has 2 rings (SSSR count). The van der Waals surface area contributed by atoms with Gasteiger partial charge in [0.05, 0.1) is 24.8 Å². The molecular weight excluding hydrogens is 250 g/mol. The summed E-state index contributed by atoms with van der Waals surface area (Å²) in [5, 5.41) is 14.1. The van der Waals surface area contributed by atoms with E-state index in [2.05, 4.69) is 16.3 Å². The number of amides is 1. The Labute approximate surface area is 110 Å². The van der Waals surface area contributed by atoms with Gasteiger partial charge in [0.2, 0.25) is 5.91 Å². The lowest BCUT2D eigenvalue weighted by molar-refractivity contribution is -0.122. The maximum absolute atomic E-state index is 12.1. The Kier molecular flexibility index (Phi) is 4.31. The maximum atomic E-state index is 12.1. The summed E-state index contributed by atoms with van der Waals surface area (Å²) < 4.78 is 5.26. The molecule has 1 aliphatic heterocycles. The van der Waals surface area contributed by atoms with E-state index in [1.54, 1.807) is 11.4 Å². The highest BCUT2D eigenvalue weighted by Crippen LogP contribution is 2.22. The van der Waals surface area contributed by atoms with Gasteiger partial charge >= 0.3 is 0 Å². The van der Waals surface area contributed by atoms with E-state index in [0.717, 1.165) is 13.1 Å². The highest BCUT2D eigenvalue weighted by Gasteiger charge is 2.23. The molecule has 1 amide bonds. The Morgan fingerprint density at radius 3 is 3.00 bits per heavy atom. The van der Waals surface area contributed by atoms with Gasteiger partial charge < -0.3 is 10.1 Å². The van der Waals surface area contributed by atoms with Gasteiger partial charge in [-0.2, -0.15) is 5.26 Å². The summed E-state index contributed by atoms with van der Waals surface area (Å²) in [4.78, 5) is 14.2. The molecule has 0 aromatic carbocycles. The van der Waals surface area contributed by atoms with Crippen LogP contribution in [0.15, 0.2) is 11.4 Å². The third-order valence-electron chi connectivity index (χ3n) is 3.00. The number of nitriles is 1. The van der Waals surface area contributed by atoms with Gasteiger partial charge in [0.1, 0.15) is 11.1 Å². The molecule has 1 fully saturated rings. The van der Waals surface area contributed by atoms with Crippen LogP contribution in [0.3, 0.4) is 0 Å². The molecular formula is C12H15N3O2S. The molecule has 0 aliphatic carbocycles. The summed E-state index contributed by atoms with van der Waals surface area (Å²) in [7, 11) is 0. The number of carbonyl (C=O) groups excluding carboxylic acids is 1. The topological polar surface area (TPSA) is 65.4 Å². The second-order valence-corrected chi connectivity index (χ2v) is 5.00. The van der Waals surface area contributed by atoms with Gasteiger partial charge in [-0.05, 0) is 18.4 Å². The first-order chi connectivity index (χ1) is 8.72. The SMILES string of the molecule is C[C@@H](C(=O)Nc1sccc1C#N)N1CCOCC1. The van der Waals surface area contributed by atoms with Crippen molar-refractivity contribution in [1.29, 1.82) is 5.26 Å². The highest BCUT2D eigenvalue weighted by molar-refractivity contribution is 7.14. The lowest BCUT2D eigenvalue weighted by Gasteiger charge is -2.31. The fraction of sp³-hybridized carbons (Fsp3) is 0.500. The summed E-state index contributed by atoms with van der Waals surface area (Å²) in [5.41, 5.74) is 0.516. The fourth-order valence-corrected chi connectivity index (χ4v) is 2.58. The van der Waals surface area contributed by atoms with Crippen molar-refractivity contribution in [2.45, 2.75) is 13.0 Å². The molecule has 0 bridgehead atoms. The van der Waals surface area contributed by atoms with E-state index in [4.69, 9.17) is 10.00 Å². The molecule has 1 aromatic rings. The zero-order valence-corrected chi connectivity index (χ0v) is 11.0. The first kappa shape index (κ1) is 13.0. The summed E-state index contributed by atoms with van der Waals surface area (Å²) >= 11 is 1.37. The average Bonchev–Trinajstić information content (AvgIpc) is 2.86. The third kappa shape index (κ3) is 2.88. The van der Waals surface area contributed by atoms with Gasteiger partial charge in [-0.3, -0.25) is 9.69 Å². The van der Waals surface area contributed by atoms with E-state index in [-0.39, 0.29) is 11.9 Å². The number of anilines is 1. The van der Waals surface area contributed by atoms with E-state index in [1.165, 1.54) is 11.3 Å². The van der Waals surface area contributed by atoms with Crippen LogP contribution in [0.25, 0.3) is 0 Å². The second-order valence-electron chi connectivity index (χ2n) is 4.09. The summed E-state index contributed by atoms with van der Waals surface area (Å²) in [6.45, 7) is 4.74. The monoisotopic (exact) mass is 265 g/mol. The van der Waals surface area contributed by atoms with Crippen LogP contribution in [0, 0.1) is 11.3 Å². The van der Waals surface area contributed by atoms with Crippen LogP contribution in [0.4, 0.5) is 5.00 Å². The van der Waals surface area contributed by atoms with Crippen molar-refractivity contribution in [3.05, 3.63) is 17.0 Å². The number of morpholine rings is 1. The molecule has 6 heteroatoms. The molecule has 0 radical (unpaired) electrons. The minimum Gasteiger partial charge on any atom is -0.379 e. The van der Waals surface area contributed by atoms with Gasteiger partial charge in [0, 0.05) is 13.1 Å². The zero-order valence-electron chi connectivity index (χ0n) is 10.2. The molecule has 0 unspecified atom stereocenters. The van der Waals surface area contributed by atoms with Gasteiger partial charge in [-0.15, -0.1) is 11.3 Å². The number of nitrogens with one attached hydrogen (secondary N) is 1. The summed E-state index contributed by atoms with van der Waals surface area (Å²) in [6.07, 6.45) is 0. The molecule has 5 nitrogen and oxygen atoms in total. The summed E-state index contributed by atoms with van der Waals surface area (Å²) in [6, 6.07) is 3.56. The number of hydrogen-bond acceptors (Lipinski definition) is 5. The Hall–Kier alpha value is -1.42. The Bertz CT molecular complexity index is 460. The van der Waals surface area contributed by atoms with Crippen LogP contribution < -0.4 is 5.32 Å². The quantitative estimate of drug-likeness (QED) is 0.894. The Morgan fingerprint density at radius 1 is 1.61 bits per heavy atom. The normalized spacial score (nSPS) is 18.0. The van der Waals surface area contributed by atoms with Crippen LogP contribution in [0.1, 0.15) is 12.5 Å². The van der Waals surface area contributed by atoms with E-state index in [1.807, 2.05) is 6.92 Å². The number of thiophene rings is 1. The van der Waals surface area contributed by atoms with Crippen LogP contribution in [0.5, 0.6) is 0 Å². The molecule has 1 N–H and O–H groups in total. The summed E-state index contributed by atoms with van der Waals surface area (Å²) in [5.74, 6) is -0.0733. The fourth-order valence-electron chi connectivity index (χ4n) is 1.84. The first-order valence-corrected chi connectivity index (χ1v) is 6.70. The molecule has 1 aliphatic rings. The minimum atomic E-state index is -0.206. The lowest BCUT2D eigenvalue weighted by Crippen LogP contribution is -2.47. The van der Waals surface area contributed by atoms with Crippen LogP contribution >= 0.6 is 11.3 Å².